The highest BCUT2D eigenvalue weighted by Crippen LogP contribution is 2.64. The van der Waals surface area contributed by atoms with Gasteiger partial charge in [0.25, 0.3) is 0 Å². The monoisotopic (exact) mass is 541 g/mol. The zero-order valence-electron chi connectivity index (χ0n) is 16.3. The van der Waals surface area contributed by atoms with Crippen molar-refractivity contribution in [1.82, 2.24) is 5.32 Å². The van der Waals surface area contributed by atoms with Crippen molar-refractivity contribution >= 4 is 0 Å². The minimum Gasteiger partial charge on any atom is -0.323 e. The van der Waals surface area contributed by atoms with Gasteiger partial charge in [0.1, 0.15) is 0 Å². The van der Waals surface area contributed by atoms with E-state index in [0.29, 0.717) is 12.1 Å². The first kappa shape index (κ1) is 32.0. The predicted molar refractivity (Wildman–Crippen MR) is 81.1 cm³/mol. The fourth-order valence-electron chi connectivity index (χ4n) is 1.99. The van der Waals surface area contributed by atoms with Crippen molar-refractivity contribution in [3.63, 3.8) is 0 Å². The molecule has 1 N–H and O–H groups in total. The minimum atomic E-state index is -8.61. The van der Waals surface area contributed by atoms with E-state index in [1.165, 1.54) is 0 Å². The number of hydrogen-bond acceptors (Lipinski definition) is 1. The van der Waals surface area contributed by atoms with Crippen molar-refractivity contribution < 1.29 is 74.6 Å². The quantitative estimate of drug-likeness (QED) is 0.367. The molecule has 0 aromatic heterocycles. The Morgan fingerprint density at radius 2 is 0.706 bits per heavy atom. The third-order valence-electron chi connectivity index (χ3n) is 3.86. The van der Waals surface area contributed by atoms with Gasteiger partial charge in [0.2, 0.25) is 0 Å². The summed E-state index contributed by atoms with van der Waals surface area (Å²) in [5.74, 6) is -56.3. The number of benzene rings is 1. The molecule has 1 aromatic carbocycles. The lowest BCUT2D eigenvalue weighted by molar-refractivity contribution is -0.462. The number of rotatable bonds is 7. The number of nitrogens with one attached hydrogen (secondary N) is 1. The molecule has 0 saturated carbocycles. The molecule has 0 aliphatic heterocycles. The van der Waals surface area contributed by atoms with E-state index in [4.69, 9.17) is 0 Å². The molecule has 0 radical (unpaired) electrons. The maximum Gasteiger partial charge on any atom is 0.460 e. The summed E-state index contributed by atoms with van der Waals surface area (Å²) in [5, 5.41) is 2.75. The van der Waals surface area contributed by atoms with E-state index >= 15 is 0 Å². The fourth-order valence-corrected chi connectivity index (χ4v) is 1.99. The largest absolute Gasteiger partial charge is 0.460 e. The third-order valence-corrected chi connectivity index (χ3v) is 3.86. The summed E-state index contributed by atoms with van der Waals surface area (Å²) >= 11 is 0. The van der Waals surface area contributed by atoms with Crippen LogP contribution >= 0.6 is 0 Å². The highest BCUT2D eigenvalue weighted by molar-refractivity contribution is 5.26. The molecule has 0 heterocycles. The lowest BCUT2D eigenvalue weighted by Gasteiger charge is -2.42. The lowest BCUT2D eigenvalue weighted by atomic mass is 9.87. The van der Waals surface area contributed by atoms with Gasteiger partial charge in [-0.2, -0.15) is 74.6 Å². The van der Waals surface area contributed by atoms with Crippen LogP contribution in [0.4, 0.5) is 74.6 Å². The molecule has 0 bridgehead atoms. The Morgan fingerprint density at radius 1 is 0.441 bits per heavy atom. The molecule has 200 valence electrons. The molecule has 0 aliphatic carbocycles. The molecule has 0 amide bonds. The zero-order valence-corrected chi connectivity index (χ0v) is 16.3. The molecule has 0 saturated heterocycles. The maximum absolute atomic E-state index is 13.7. The first-order chi connectivity index (χ1) is 14.8. The summed E-state index contributed by atoms with van der Waals surface area (Å²) in [6.07, 6.45) is -7.76. The molecule has 0 spiro atoms. The molecule has 0 aliphatic rings. The second-order valence-electron chi connectivity index (χ2n) is 6.38. The van der Waals surface area contributed by atoms with Gasteiger partial charge < -0.3 is 5.32 Å². The van der Waals surface area contributed by atoms with Crippen molar-refractivity contribution in [1.29, 1.82) is 0 Å². The Labute approximate surface area is 178 Å². The van der Waals surface area contributed by atoms with Gasteiger partial charge >= 0.3 is 47.6 Å². The Hall–Kier alpha value is -2.01. The van der Waals surface area contributed by atoms with E-state index in [2.05, 4.69) is 5.32 Å². The van der Waals surface area contributed by atoms with Crippen LogP contribution < -0.4 is 5.32 Å². The van der Waals surface area contributed by atoms with Crippen LogP contribution in [0.15, 0.2) is 30.3 Å². The first-order valence-corrected chi connectivity index (χ1v) is 8.12. The van der Waals surface area contributed by atoms with Crippen molar-refractivity contribution in [3.05, 3.63) is 35.9 Å². The molecule has 34 heavy (non-hydrogen) atoms. The number of alkyl halides is 17. The van der Waals surface area contributed by atoms with Gasteiger partial charge in [0, 0.05) is 5.56 Å². The Bertz CT molecular complexity index is 797. The summed E-state index contributed by atoms with van der Waals surface area (Å²) in [4.78, 5) is 0. The average Bonchev–Trinajstić information content (AvgIpc) is 2.67. The molecule has 0 fully saturated rings. The summed E-state index contributed by atoms with van der Waals surface area (Å²) in [5.41, 5.74) is -2.23. The Balaban J connectivity index is 0.00000343. The van der Waals surface area contributed by atoms with Gasteiger partial charge in [-0.1, -0.05) is 30.3 Å². The lowest BCUT2D eigenvalue weighted by Crippen LogP contribution is -2.74. The van der Waals surface area contributed by atoms with Gasteiger partial charge in [-0.15, -0.1) is 0 Å². The normalized spacial score (nSPS) is 15.0. The first-order valence-electron chi connectivity index (χ1n) is 8.12. The maximum atomic E-state index is 13.7. The molecular formula is C16H12F17N. The van der Waals surface area contributed by atoms with Crippen LogP contribution in [0.5, 0.6) is 0 Å². The van der Waals surface area contributed by atoms with Crippen LogP contribution in [0.1, 0.15) is 5.56 Å². The SMILES string of the molecule is CNC.FC(F)(F)C(F)(F)C(F)(F)C(F)(F)C(F)(F)C(F)(F)C(F)(F)C(F)(F)c1ccccc1. The molecule has 1 aromatic rings. The van der Waals surface area contributed by atoms with Crippen LogP contribution in [0.25, 0.3) is 0 Å². The van der Waals surface area contributed by atoms with E-state index in [9.17, 15) is 74.6 Å². The van der Waals surface area contributed by atoms with Crippen LogP contribution in [-0.2, 0) is 5.92 Å². The molecule has 18 heteroatoms. The van der Waals surface area contributed by atoms with Gasteiger partial charge in [-0.3, -0.25) is 0 Å². The summed E-state index contributed by atoms with van der Waals surface area (Å²) in [7, 11) is 3.75. The minimum absolute atomic E-state index is 0.104. The van der Waals surface area contributed by atoms with Crippen molar-refractivity contribution in [3.8, 4) is 0 Å². The van der Waals surface area contributed by atoms with Crippen molar-refractivity contribution in [2.24, 2.45) is 0 Å². The van der Waals surface area contributed by atoms with E-state index in [1.54, 1.807) is 0 Å². The zero-order chi connectivity index (χ0) is 27.8. The Morgan fingerprint density at radius 3 is 1.00 bits per heavy atom. The molecule has 1 rings (SSSR count). The molecule has 1 nitrogen and oxygen atoms in total. The molecular weight excluding hydrogens is 529 g/mol. The van der Waals surface area contributed by atoms with E-state index in [0.717, 1.165) is 6.07 Å². The van der Waals surface area contributed by atoms with Crippen LogP contribution in [0, 0.1) is 0 Å². The highest BCUT2D eigenvalue weighted by atomic mass is 19.4. The van der Waals surface area contributed by atoms with Crippen LogP contribution in [-0.4, -0.2) is 55.8 Å². The van der Waals surface area contributed by atoms with Gasteiger partial charge in [0.15, 0.2) is 0 Å². The number of hydrogen-bond donors (Lipinski definition) is 1. The standard InChI is InChI=1S/C14H5F17.C2H7N/c15-7(16,6-4-2-1-3-5-6)8(17,18)9(19,20)10(21,22)11(23,24)12(25,26)13(27,28)14(29,30)31;1-3-2/h1-5H;3H,1-2H3. The summed E-state index contributed by atoms with van der Waals surface area (Å²) < 4.78 is 222. The summed E-state index contributed by atoms with van der Waals surface area (Å²) in [6, 6.07) is 1.49. The Kier molecular flexibility index (Phi) is 8.67. The molecule has 0 unspecified atom stereocenters. The van der Waals surface area contributed by atoms with Crippen molar-refractivity contribution in [2.45, 2.75) is 47.6 Å². The van der Waals surface area contributed by atoms with E-state index in [-0.39, 0.29) is 12.1 Å². The smallest absolute Gasteiger partial charge is 0.323 e. The highest BCUT2D eigenvalue weighted by Gasteiger charge is 2.95. The number of halogens is 17. The average molecular weight is 541 g/mol. The predicted octanol–water partition coefficient (Wildman–Crippen LogP) is 6.99. The fraction of sp³-hybridized carbons (Fsp3) is 0.625. The van der Waals surface area contributed by atoms with Crippen LogP contribution in [0.3, 0.4) is 0 Å². The van der Waals surface area contributed by atoms with E-state index < -0.39 is 53.2 Å². The second kappa shape index (κ2) is 9.22. The van der Waals surface area contributed by atoms with Crippen molar-refractivity contribution in [2.75, 3.05) is 14.1 Å². The van der Waals surface area contributed by atoms with Crippen LogP contribution in [0.2, 0.25) is 0 Å². The van der Waals surface area contributed by atoms with Gasteiger partial charge in [-0.05, 0) is 14.1 Å². The van der Waals surface area contributed by atoms with E-state index in [1.807, 2.05) is 14.1 Å². The third kappa shape index (κ3) is 4.48. The second-order valence-corrected chi connectivity index (χ2v) is 6.38. The van der Waals surface area contributed by atoms with Gasteiger partial charge in [0.05, 0.1) is 0 Å². The topological polar surface area (TPSA) is 12.0 Å². The summed E-state index contributed by atoms with van der Waals surface area (Å²) in [6.45, 7) is 0. The van der Waals surface area contributed by atoms with Gasteiger partial charge in [-0.25, -0.2) is 0 Å². The molecule has 0 atom stereocenters.